The molecule has 72 valence electrons. The van der Waals surface area contributed by atoms with E-state index in [0.29, 0.717) is 6.42 Å². The second-order valence-corrected chi connectivity index (χ2v) is 3.08. The second kappa shape index (κ2) is 7.51. The number of carbonyl (C=O) groups is 1. The number of carboxylic acid groups (broad SMARTS) is 1. The Morgan fingerprint density at radius 3 is 2.58 bits per heavy atom. The van der Waals surface area contributed by atoms with Crippen LogP contribution < -0.4 is 0 Å². The van der Waals surface area contributed by atoms with Crippen LogP contribution in [0.1, 0.15) is 39.0 Å². The maximum atomic E-state index is 10.5. The number of rotatable bonds is 7. The number of aliphatic carboxylic acids is 1. The summed E-state index contributed by atoms with van der Waals surface area (Å²) in [6.07, 6.45) is 4.32. The minimum Gasteiger partial charge on any atom is -0.479 e. The molecule has 0 aromatic heterocycles. The summed E-state index contributed by atoms with van der Waals surface area (Å²) in [6.45, 7) is 2.13. The molecule has 2 unspecified atom stereocenters. The van der Waals surface area contributed by atoms with Gasteiger partial charge in [0.05, 0.1) is 0 Å². The van der Waals surface area contributed by atoms with Crippen molar-refractivity contribution in [1.29, 1.82) is 0 Å². The molecule has 0 radical (unpaired) electrons. The molecule has 3 nitrogen and oxygen atoms in total. The van der Waals surface area contributed by atoms with Gasteiger partial charge in [-0.1, -0.05) is 32.6 Å². The smallest absolute Gasteiger partial charge is 0.333 e. The van der Waals surface area contributed by atoms with E-state index in [0.717, 1.165) is 12.8 Å². The second-order valence-electron chi connectivity index (χ2n) is 2.81. The molecule has 0 bridgehead atoms. The van der Waals surface area contributed by atoms with Gasteiger partial charge in [0, 0.05) is 9.47 Å². The lowest BCUT2D eigenvalue weighted by Gasteiger charge is -2.08. The van der Waals surface area contributed by atoms with E-state index in [1.807, 2.05) is 9.47 Å². The largest absolute Gasteiger partial charge is 0.479 e. The quantitative estimate of drug-likeness (QED) is 0.497. The fraction of sp³-hybridized carbons (Fsp3) is 0.875. The van der Waals surface area contributed by atoms with Gasteiger partial charge in [0.2, 0.25) is 0 Å². The number of hydrogen-bond donors (Lipinski definition) is 1. The summed E-state index contributed by atoms with van der Waals surface area (Å²) in [6, 6.07) is 0. The summed E-state index contributed by atoms with van der Waals surface area (Å²) in [5.41, 5.74) is 0. The molecule has 0 aliphatic carbocycles. The van der Waals surface area contributed by atoms with Gasteiger partial charge < -0.3 is 9.63 Å². The molecule has 1 N–H and O–H groups in total. The first-order chi connectivity index (χ1) is 5.72. The summed E-state index contributed by atoms with van der Waals surface area (Å²) in [4.78, 5) is 10.5. The van der Waals surface area contributed by atoms with Crippen molar-refractivity contribution < 1.29 is 14.4 Å². The fourth-order valence-corrected chi connectivity index (χ4v) is 1.26. The standard InChI is InChI=1S/C8H17O3P/c1-2-3-4-5-6-7(11-12)8(9)10/h7H,2-6,12H2,1H3,(H,9,10). The molecule has 0 heterocycles. The van der Waals surface area contributed by atoms with Crippen molar-refractivity contribution in [2.75, 3.05) is 0 Å². The van der Waals surface area contributed by atoms with Gasteiger partial charge in [-0.05, 0) is 6.42 Å². The van der Waals surface area contributed by atoms with Crippen LogP contribution in [-0.4, -0.2) is 17.2 Å². The SMILES string of the molecule is CCCCCCC(OP)C(=O)O. The molecule has 0 aromatic rings. The maximum absolute atomic E-state index is 10.5. The van der Waals surface area contributed by atoms with E-state index in [1.165, 1.54) is 12.8 Å². The first kappa shape index (κ1) is 11.9. The lowest BCUT2D eigenvalue weighted by molar-refractivity contribution is -0.144. The van der Waals surface area contributed by atoms with Crippen molar-refractivity contribution in [3.8, 4) is 0 Å². The van der Waals surface area contributed by atoms with Gasteiger partial charge in [0.15, 0.2) is 6.10 Å². The van der Waals surface area contributed by atoms with E-state index in [9.17, 15) is 4.79 Å². The first-order valence-electron chi connectivity index (χ1n) is 4.30. The predicted molar refractivity (Wildman–Crippen MR) is 51.0 cm³/mol. The van der Waals surface area contributed by atoms with E-state index in [-0.39, 0.29) is 0 Å². The lowest BCUT2D eigenvalue weighted by Crippen LogP contribution is -2.19. The van der Waals surface area contributed by atoms with E-state index in [4.69, 9.17) is 9.63 Å². The molecule has 0 spiro atoms. The van der Waals surface area contributed by atoms with E-state index >= 15 is 0 Å². The van der Waals surface area contributed by atoms with Crippen LogP contribution in [0.15, 0.2) is 0 Å². The van der Waals surface area contributed by atoms with Crippen LogP contribution in [0, 0.1) is 0 Å². The van der Waals surface area contributed by atoms with E-state index in [1.54, 1.807) is 0 Å². The minimum atomic E-state index is -0.874. The third-order valence-electron chi connectivity index (χ3n) is 1.76. The third-order valence-corrected chi connectivity index (χ3v) is 2.09. The zero-order valence-corrected chi connectivity index (χ0v) is 8.61. The highest BCUT2D eigenvalue weighted by Crippen LogP contribution is 2.10. The zero-order valence-electron chi connectivity index (χ0n) is 7.45. The number of unbranched alkanes of at least 4 members (excludes halogenated alkanes) is 3. The number of hydrogen-bond acceptors (Lipinski definition) is 2. The van der Waals surface area contributed by atoms with Crippen molar-refractivity contribution in [3.63, 3.8) is 0 Å². The van der Waals surface area contributed by atoms with Crippen LogP contribution in [0.4, 0.5) is 0 Å². The average Bonchev–Trinajstić information content (AvgIpc) is 2.04. The summed E-state index contributed by atoms with van der Waals surface area (Å²) in [7, 11) is 2.00. The molecule has 0 saturated carbocycles. The van der Waals surface area contributed by atoms with Gasteiger partial charge in [-0.25, -0.2) is 4.79 Å². The van der Waals surface area contributed by atoms with Crippen LogP contribution in [0.5, 0.6) is 0 Å². The van der Waals surface area contributed by atoms with Crippen molar-refractivity contribution >= 4 is 15.4 Å². The van der Waals surface area contributed by atoms with E-state index < -0.39 is 12.1 Å². The highest BCUT2D eigenvalue weighted by Gasteiger charge is 2.14. The Labute approximate surface area is 75.8 Å². The summed E-state index contributed by atoms with van der Waals surface area (Å²) in [5.74, 6) is -0.874. The highest BCUT2D eigenvalue weighted by molar-refractivity contribution is 7.09. The monoisotopic (exact) mass is 192 g/mol. The molecule has 0 rings (SSSR count). The molecule has 12 heavy (non-hydrogen) atoms. The van der Waals surface area contributed by atoms with Crippen LogP contribution in [0.2, 0.25) is 0 Å². The maximum Gasteiger partial charge on any atom is 0.333 e. The normalized spacial score (nSPS) is 12.8. The van der Waals surface area contributed by atoms with Crippen LogP contribution >= 0.6 is 9.47 Å². The number of carboxylic acids is 1. The van der Waals surface area contributed by atoms with Crippen molar-refractivity contribution in [2.24, 2.45) is 0 Å². The van der Waals surface area contributed by atoms with Gasteiger partial charge >= 0.3 is 5.97 Å². The van der Waals surface area contributed by atoms with Gasteiger partial charge in [0.25, 0.3) is 0 Å². The summed E-state index contributed by atoms with van der Waals surface area (Å²) >= 11 is 0. The molecule has 2 atom stereocenters. The third kappa shape index (κ3) is 5.50. The van der Waals surface area contributed by atoms with Gasteiger partial charge in [-0.3, -0.25) is 0 Å². The van der Waals surface area contributed by atoms with Crippen LogP contribution in [-0.2, 0) is 9.32 Å². The Kier molecular flexibility index (Phi) is 7.42. The molecular weight excluding hydrogens is 175 g/mol. The molecule has 0 fully saturated rings. The topological polar surface area (TPSA) is 46.5 Å². The van der Waals surface area contributed by atoms with Gasteiger partial charge in [-0.2, -0.15) is 0 Å². The molecule has 0 aliphatic heterocycles. The van der Waals surface area contributed by atoms with Crippen LogP contribution in [0.3, 0.4) is 0 Å². The molecular formula is C8H17O3P. The van der Waals surface area contributed by atoms with Crippen molar-refractivity contribution in [3.05, 3.63) is 0 Å². The Balaban J connectivity index is 3.38. The van der Waals surface area contributed by atoms with Gasteiger partial charge in [-0.15, -0.1) is 0 Å². The first-order valence-corrected chi connectivity index (χ1v) is 4.77. The van der Waals surface area contributed by atoms with Gasteiger partial charge in [0.1, 0.15) is 0 Å². The Bertz CT molecular complexity index is 127. The Morgan fingerprint density at radius 1 is 1.50 bits per heavy atom. The minimum absolute atomic E-state index is 0.610. The average molecular weight is 192 g/mol. The molecule has 0 saturated heterocycles. The molecule has 0 amide bonds. The predicted octanol–water partition coefficient (Wildman–Crippen LogP) is 2.22. The van der Waals surface area contributed by atoms with Crippen LogP contribution in [0.25, 0.3) is 0 Å². The Hall–Kier alpha value is -0.140. The molecule has 0 aromatic carbocycles. The van der Waals surface area contributed by atoms with Crippen molar-refractivity contribution in [1.82, 2.24) is 0 Å². The highest BCUT2D eigenvalue weighted by atomic mass is 31.0. The van der Waals surface area contributed by atoms with Crippen molar-refractivity contribution in [2.45, 2.75) is 45.1 Å². The fourth-order valence-electron chi connectivity index (χ4n) is 1.01. The van der Waals surface area contributed by atoms with E-state index in [2.05, 4.69) is 6.92 Å². The molecule has 0 aliphatic rings. The zero-order chi connectivity index (χ0) is 9.40. The Morgan fingerprint density at radius 2 is 2.17 bits per heavy atom. The summed E-state index contributed by atoms with van der Waals surface area (Å²) < 4.78 is 4.71. The lowest BCUT2D eigenvalue weighted by atomic mass is 10.1. The molecule has 4 heteroatoms. The summed E-state index contributed by atoms with van der Waals surface area (Å²) in [5, 5.41) is 8.59.